The van der Waals surface area contributed by atoms with E-state index in [2.05, 4.69) is 15.0 Å². The number of aromatic nitrogens is 3. The molecule has 0 aromatic carbocycles. The van der Waals surface area contributed by atoms with E-state index in [0.717, 1.165) is 0 Å². The molecular weight excluding hydrogens is 178 g/mol. The molecule has 0 fully saturated rings. The summed E-state index contributed by atoms with van der Waals surface area (Å²) in [6.07, 6.45) is 3.30. The van der Waals surface area contributed by atoms with Gasteiger partial charge in [-0.05, 0) is 18.2 Å². The van der Waals surface area contributed by atoms with Crippen LogP contribution in [0.15, 0.2) is 36.7 Å². The third-order valence-corrected chi connectivity index (χ3v) is 1.77. The maximum atomic E-state index is 8.90. The van der Waals surface area contributed by atoms with Crippen molar-refractivity contribution in [2.45, 2.75) is 6.61 Å². The van der Waals surface area contributed by atoms with Crippen molar-refractivity contribution in [3.05, 3.63) is 42.4 Å². The van der Waals surface area contributed by atoms with Crippen LogP contribution < -0.4 is 0 Å². The first-order chi connectivity index (χ1) is 6.90. The summed E-state index contributed by atoms with van der Waals surface area (Å²) >= 11 is 0. The standard InChI is InChI=1S/C10H9N3O/c14-7-8-4-6-12-10(13-8)9-3-1-2-5-11-9/h1-6,14H,7H2. The second kappa shape index (κ2) is 3.93. The number of aliphatic hydroxyl groups is 1. The van der Waals surface area contributed by atoms with Gasteiger partial charge >= 0.3 is 0 Å². The van der Waals surface area contributed by atoms with E-state index in [1.54, 1.807) is 18.5 Å². The molecule has 2 rings (SSSR count). The summed E-state index contributed by atoms with van der Waals surface area (Å²) in [6, 6.07) is 7.21. The fourth-order valence-electron chi connectivity index (χ4n) is 1.10. The smallest absolute Gasteiger partial charge is 0.178 e. The number of rotatable bonds is 2. The van der Waals surface area contributed by atoms with E-state index < -0.39 is 0 Å². The predicted octanol–water partition coefficient (Wildman–Crippen LogP) is 1.03. The number of hydrogen-bond acceptors (Lipinski definition) is 4. The number of nitrogens with zero attached hydrogens (tertiary/aromatic N) is 3. The van der Waals surface area contributed by atoms with Crippen LogP contribution in [0.2, 0.25) is 0 Å². The van der Waals surface area contributed by atoms with Crippen molar-refractivity contribution in [2.24, 2.45) is 0 Å². The second-order valence-electron chi connectivity index (χ2n) is 2.74. The van der Waals surface area contributed by atoms with Crippen LogP contribution in [0.5, 0.6) is 0 Å². The van der Waals surface area contributed by atoms with Crippen molar-refractivity contribution in [1.82, 2.24) is 15.0 Å². The normalized spacial score (nSPS) is 10.1. The lowest BCUT2D eigenvalue weighted by molar-refractivity contribution is 0.277. The van der Waals surface area contributed by atoms with Crippen LogP contribution in [0.4, 0.5) is 0 Å². The van der Waals surface area contributed by atoms with Crippen molar-refractivity contribution < 1.29 is 5.11 Å². The van der Waals surface area contributed by atoms with Gasteiger partial charge in [0.15, 0.2) is 5.82 Å². The molecule has 0 radical (unpaired) electrons. The van der Waals surface area contributed by atoms with Crippen LogP contribution in [-0.4, -0.2) is 20.1 Å². The van der Waals surface area contributed by atoms with Crippen LogP contribution in [0.3, 0.4) is 0 Å². The first-order valence-corrected chi connectivity index (χ1v) is 4.24. The molecule has 2 heterocycles. The fourth-order valence-corrected chi connectivity index (χ4v) is 1.10. The molecule has 0 aliphatic carbocycles. The van der Waals surface area contributed by atoms with Crippen molar-refractivity contribution >= 4 is 0 Å². The molecule has 0 aliphatic rings. The van der Waals surface area contributed by atoms with Gasteiger partial charge in [-0.1, -0.05) is 6.07 Å². The summed E-state index contributed by atoms with van der Waals surface area (Å²) in [5, 5.41) is 8.90. The number of hydrogen-bond donors (Lipinski definition) is 1. The first-order valence-electron chi connectivity index (χ1n) is 4.24. The molecule has 4 heteroatoms. The van der Waals surface area contributed by atoms with E-state index in [4.69, 9.17) is 5.11 Å². The van der Waals surface area contributed by atoms with Gasteiger partial charge in [0.25, 0.3) is 0 Å². The molecule has 0 saturated carbocycles. The van der Waals surface area contributed by atoms with Gasteiger partial charge in [0.05, 0.1) is 12.3 Å². The molecule has 0 unspecified atom stereocenters. The Morgan fingerprint density at radius 3 is 2.71 bits per heavy atom. The van der Waals surface area contributed by atoms with Gasteiger partial charge in [0, 0.05) is 12.4 Å². The minimum atomic E-state index is -0.0810. The molecule has 14 heavy (non-hydrogen) atoms. The maximum Gasteiger partial charge on any atom is 0.178 e. The Balaban J connectivity index is 2.42. The third-order valence-electron chi connectivity index (χ3n) is 1.77. The molecule has 2 aromatic rings. The van der Waals surface area contributed by atoms with Gasteiger partial charge in [-0.25, -0.2) is 9.97 Å². The number of aliphatic hydroxyl groups excluding tert-OH is 1. The third kappa shape index (κ3) is 1.75. The lowest BCUT2D eigenvalue weighted by atomic mass is 10.3. The van der Waals surface area contributed by atoms with E-state index in [9.17, 15) is 0 Å². The molecule has 4 nitrogen and oxygen atoms in total. The molecule has 0 aliphatic heterocycles. The topological polar surface area (TPSA) is 58.9 Å². The minimum absolute atomic E-state index is 0.0810. The Labute approximate surface area is 81.3 Å². The summed E-state index contributed by atoms with van der Waals surface area (Å²) in [5.41, 5.74) is 1.31. The molecule has 0 bridgehead atoms. The molecule has 1 N–H and O–H groups in total. The quantitative estimate of drug-likeness (QED) is 0.762. The lowest BCUT2D eigenvalue weighted by Gasteiger charge is -1.99. The molecule has 70 valence electrons. The lowest BCUT2D eigenvalue weighted by Crippen LogP contribution is -1.95. The van der Waals surface area contributed by atoms with Crippen molar-refractivity contribution in [3.8, 4) is 11.5 Å². The molecule has 0 amide bonds. The van der Waals surface area contributed by atoms with E-state index in [1.165, 1.54) is 0 Å². The first kappa shape index (κ1) is 8.77. The summed E-state index contributed by atoms with van der Waals surface area (Å²) in [6.45, 7) is -0.0810. The Morgan fingerprint density at radius 2 is 2.00 bits per heavy atom. The van der Waals surface area contributed by atoms with Gasteiger partial charge in [0.1, 0.15) is 5.69 Å². The van der Waals surface area contributed by atoms with Crippen LogP contribution in [-0.2, 0) is 6.61 Å². The van der Waals surface area contributed by atoms with Crippen molar-refractivity contribution in [2.75, 3.05) is 0 Å². The number of pyridine rings is 1. The van der Waals surface area contributed by atoms with Gasteiger partial charge in [-0.2, -0.15) is 0 Å². The van der Waals surface area contributed by atoms with Gasteiger partial charge in [-0.15, -0.1) is 0 Å². The van der Waals surface area contributed by atoms with Gasteiger partial charge < -0.3 is 5.11 Å². The van der Waals surface area contributed by atoms with Crippen LogP contribution >= 0.6 is 0 Å². The molecule has 0 atom stereocenters. The van der Waals surface area contributed by atoms with Crippen LogP contribution in [0, 0.1) is 0 Å². The Bertz CT molecular complexity index is 417. The SMILES string of the molecule is OCc1ccnc(-c2ccccn2)n1. The van der Waals surface area contributed by atoms with E-state index in [0.29, 0.717) is 17.2 Å². The average molecular weight is 187 g/mol. The Kier molecular flexibility index (Phi) is 2.46. The summed E-state index contributed by atoms with van der Waals surface area (Å²) < 4.78 is 0. The summed E-state index contributed by atoms with van der Waals surface area (Å²) in [7, 11) is 0. The highest BCUT2D eigenvalue weighted by Gasteiger charge is 2.01. The zero-order valence-electron chi connectivity index (χ0n) is 7.46. The van der Waals surface area contributed by atoms with E-state index in [-0.39, 0.29) is 6.61 Å². The van der Waals surface area contributed by atoms with E-state index in [1.807, 2.05) is 18.2 Å². The molecule has 0 saturated heterocycles. The summed E-state index contributed by atoms with van der Waals surface area (Å²) in [5.74, 6) is 0.539. The average Bonchev–Trinajstić information content (AvgIpc) is 2.30. The Morgan fingerprint density at radius 1 is 1.07 bits per heavy atom. The largest absolute Gasteiger partial charge is 0.390 e. The zero-order valence-corrected chi connectivity index (χ0v) is 7.46. The second-order valence-corrected chi connectivity index (χ2v) is 2.74. The van der Waals surface area contributed by atoms with E-state index >= 15 is 0 Å². The van der Waals surface area contributed by atoms with Crippen LogP contribution in [0.25, 0.3) is 11.5 Å². The minimum Gasteiger partial charge on any atom is -0.390 e. The monoisotopic (exact) mass is 187 g/mol. The molecule has 2 aromatic heterocycles. The van der Waals surface area contributed by atoms with Crippen molar-refractivity contribution in [3.63, 3.8) is 0 Å². The van der Waals surface area contributed by atoms with Crippen molar-refractivity contribution in [1.29, 1.82) is 0 Å². The molecular formula is C10H9N3O. The van der Waals surface area contributed by atoms with Gasteiger partial charge in [0.2, 0.25) is 0 Å². The highest BCUT2D eigenvalue weighted by molar-refractivity contribution is 5.47. The highest BCUT2D eigenvalue weighted by atomic mass is 16.3. The van der Waals surface area contributed by atoms with Gasteiger partial charge in [-0.3, -0.25) is 4.98 Å². The summed E-state index contributed by atoms with van der Waals surface area (Å²) in [4.78, 5) is 12.3. The van der Waals surface area contributed by atoms with Crippen LogP contribution in [0.1, 0.15) is 5.69 Å². The zero-order chi connectivity index (χ0) is 9.80. The highest BCUT2D eigenvalue weighted by Crippen LogP contribution is 2.10. The Hall–Kier alpha value is -1.81. The maximum absolute atomic E-state index is 8.90. The molecule has 0 spiro atoms. The predicted molar refractivity (Wildman–Crippen MR) is 51.2 cm³/mol. The fraction of sp³-hybridized carbons (Fsp3) is 0.100.